The maximum atomic E-state index is 10.9. The predicted molar refractivity (Wildman–Crippen MR) is 63.5 cm³/mol. The Morgan fingerprint density at radius 1 is 1.00 bits per heavy atom. The second kappa shape index (κ2) is 3.50. The highest BCUT2D eigenvalue weighted by Crippen LogP contribution is 2.26. The number of rotatable bonds is 1. The molecule has 76 valence electrons. The van der Waals surface area contributed by atoms with Crippen LogP contribution >= 0.6 is 0 Å². The minimum Gasteiger partial charge on any atom is -0.298 e. The van der Waals surface area contributed by atoms with Gasteiger partial charge in [0.1, 0.15) is 6.29 Å². The Hall–Kier alpha value is -1.63. The van der Waals surface area contributed by atoms with Crippen LogP contribution in [0.1, 0.15) is 27.0 Å². The fourth-order valence-electron chi connectivity index (χ4n) is 2.00. The van der Waals surface area contributed by atoms with Gasteiger partial charge in [0.05, 0.1) is 0 Å². The minimum absolute atomic E-state index is 0.800. The van der Waals surface area contributed by atoms with E-state index < -0.39 is 0 Å². The molecule has 0 atom stereocenters. The molecule has 0 aliphatic carbocycles. The minimum atomic E-state index is 0.800. The molecule has 2 aromatic rings. The number of hydrogen-bond acceptors (Lipinski definition) is 1. The summed E-state index contributed by atoms with van der Waals surface area (Å²) in [6.07, 6.45) is 0.939. The Labute approximate surface area is 89.7 Å². The monoisotopic (exact) mass is 198 g/mol. The molecule has 0 spiro atoms. The lowest BCUT2D eigenvalue weighted by atomic mass is 9.94. The first-order valence-corrected chi connectivity index (χ1v) is 5.10. The lowest BCUT2D eigenvalue weighted by molar-refractivity contribution is 0.112. The van der Waals surface area contributed by atoms with Gasteiger partial charge >= 0.3 is 0 Å². The summed E-state index contributed by atoms with van der Waals surface area (Å²) >= 11 is 0. The van der Waals surface area contributed by atoms with Gasteiger partial charge in [-0.3, -0.25) is 4.79 Å². The van der Waals surface area contributed by atoms with Crippen LogP contribution in [0.4, 0.5) is 0 Å². The van der Waals surface area contributed by atoms with Gasteiger partial charge in [0.2, 0.25) is 0 Å². The molecule has 0 fully saturated rings. The molecule has 0 unspecified atom stereocenters. The number of carbonyl (C=O) groups excluding carboxylic acids is 1. The van der Waals surface area contributed by atoms with Crippen LogP contribution in [0.15, 0.2) is 24.3 Å². The number of fused-ring (bicyclic) bond motifs is 1. The van der Waals surface area contributed by atoms with Crippen molar-refractivity contribution in [2.45, 2.75) is 20.8 Å². The van der Waals surface area contributed by atoms with Crippen LogP contribution in [0.25, 0.3) is 10.8 Å². The van der Waals surface area contributed by atoms with E-state index in [0.717, 1.165) is 17.4 Å². The van der Waals surface area contributed by atoms with E-state index in [2.05, 4.69) is 32.0 Å². The Morgan fingerprint density at radius 2 is 1.73 bits per heavy atom. The van der Waals surface area contributed by atoms with Gasteiger partial charge < -0.3 is 0 Å². The standard InChI is InChI=1S/C14H14O/c1-9-5-4-6-13-11(3)10(2)12(8-15)7-14(9)13/h4-8H,1-3H3. The summed E-state index contributed by atoms with van der Waals surface area (Å²) in [5, 5.41) is 2.43. The highest BCUT2D eigenvalue weighted by Gasteiger charge is 2.06. The molecule has 0 aromatic heterocycles. The van der Waals surface area contributed by atoms with Crippen molar-refractivity contribution in [1.82, 2.24) is 0 Å². The smallest absolute Gasteiger partial charge is 0.150 e. The van der Waals surface area contributed by atoms with E-state index in [0.29, 0.717) is 0 Å². The molecule has 0 aliphatic rings. The molecule has 0 amide bonds. The topological polar surface area (TPSA) is 17.1 Å². The van der Waals surface area contributed by atoms with Crippen LogP contribution in [-0.2, 0) is 0 Å². The summed E-state index contributed by atoms with van der Waals surface area (Å²) in [5.74, 6) is 0. The van der Waals surface area contributed by atoms with Crippen molar-refractivity contribution in [1.29, 1.82) is 0 Å². The van der Waals surface area contributed by atoms with Gasteiger partial charge in [-0.2, -0.15) is 0 Å². The number of aldehydes is 1. The molecule has 2 aromatic carbocycles. The van der Waals surface area contributed by atoms with Crippen LogP contribution < -0.4 is 0 Å². The molecule has 0 saturated carbocycles. The van der Waals surface area contributed by atoms with Crippen LogP contribution in [0.5, 0.6) is 0 Å². The van der Waals surface area contributed by atoms with E-state index in [1.54, 1.807) is 0 Å². The lowest BCUT2D eigenvalue weighted by Gasteiger charge is -2.10. The SMILES string of the molecule is Cc1c(C=O)cc2c(C)cccc2c1C. The molecule has 0 aliphatic heterocycles. The molecule has 2 rings (SSSR count). The van der Waals surface area contributed by atoms with Crippen molar-refractivity contribution < 1.29 is 4.79 Å². The fraction of sp³-hybridized carbons (Fsp3) is 0.214. The molecule has 15 heavy (non-hydrogen) atoms. The zero-order valence-corrected chi connectivity index (χ0v) is 9.29. The van der Waals surface area contributed by atoms with E-state index in [4.69, 9.17) is 0 Å². The number of aryl methyl sites for hydroxylation is 2. The van der Waals surface area contributed by atoms with Crippen LogP contribution in [-0.4, -0.2) is 6.29 Å². The second-order valence-electron chi connectivity index (χ2n) is 4.00. The Kier molecular flexibility index (Phi) is 2.31. The van der Waals surface area contributed by atoms with Gasteiger partial charge in [0.25, 0.3) is 0 Å². The molecule has 0 heterocycles. The number of hydrogen-bond donors (Lipinski definition) is 0. The lowest BCUT2D eigenvalue weighted by Crippen LogP contribution is -1.93. The quantitative estimate of drug-likeness (QED) is 0.640. The van der Waals surface area contributed by atoms with Crippen molar-refractivity contribution in [3.8, 4) is 0 Å². The zero-order chi connectivity index (χ0) is 11.0. The summed E-state index contributed by atoms with van der Waals surface area (Å²) in [6.45, 7) is 6.15. The third kappa shape index (κ3) is 1.44. The van der Waals surface area contributed by atoms with Gasteiger partial charge in [0, 0.05) is 5.56 Å². The largest absolute Gasteiger partial charge is 0.298 e. The van der Waals surface area contributed by atoms with Crippen LogP contribution in [0, 0.1) is 20.8 Å². The Balaban J connectivity index is 2.97. The molecule has 1 heteroatoms. The maximum absolute atomic E-state index is 10.9. The van der Waals surface area contributed by atoms with E-state index in [1.165, 1.54) is 21.9 Å². The van der Waals surface area contributed by atoms with Gasteiger partial charge in [-0.25, -0.2) is 0 Å². The predicted octanol–water partition coefficient (Wildman–Crippen LogP) is 3.58. The molecular weight excluding hydrogens is 184 g/mol. The highest BCUT2D eigenvalue weighted by molar-refractivity contribution is 5.95. The van der Waals surface area contributed by atoms with Gasteiger partial charge in [-0.1, -0.05) is 18.2 Å². The van der Waals surface area contributed by atoms with Gasteiger partial charge in [-0.05, 0) is 54.3 Å². The molecular formula is C14H14O. The normalized spacial score (nSPS) is 10.6. The summed E-state index contributed by atoms with van der Waals surface area (Å²) in [7, 11) is 0. The van der Waals surface area contributed by atoms with Gasteiger partial charge in [0.15, 0.2) is 0 Å². The first-order chi connectivity index (χ1) is 7.15. The van der Waals surface area contributed by atoms with Crippen LogP contribution in [0.3, 0.4) is 0 Å². The fourth-order valence-corrected chi connectivity index (χ4v) is 2.00. The number of carbonyl (C=O) groups is 1. The van der Waals surface area contributed by atoms with Crippen molar-refractivity contribution in [2.75, 3.05) is 0 Å². The maximum Gasteiger partial charge on any atom is 0.150 e. The van der Waals surface area contributed by atoms with E-state index in [1.807, 2.05) is 13.0 Å². The highest BCUT2D eigenvalue weighted by atomic mass is 16.1. The van der Waals surface area contributed by atoms with Crippen molar-refractivity contribution >= 4 is 17.1 Å². The third-order valence-corrected chi connectivity index (χ3v) is 3.15. The first-order valence-electron chi connectivity index (χ1n) is 5.10. The zero-order valence-electron chi connectivity index (χ0n) is 9.29. The second-order valence-corrected chi connectivity index (χ2v) is 4.00. The molecule has 1 nitrogen and oxygen atoms in total. The molecule has 0 N–H and O–H groups in total. The van der Waals surface area contributed by atoms with E-state index >= 15 is 0 Å². The average molecular weight is 198 g/mol. The Morgan fingerprint density at radius 3 is 2.40 bits per heavy atom. The molecule has 0 bridgehead atoms. The Bertz CT molecular complexity index is 539. The van der Waals surface area contributed by atoms with Crippen molar-refractivity contribution in [2.24, 2.45) is 0 Å². The first kappa shape index (κ1) is 9.91. The van der Waals surface area contributed by atoms with E-state index in [-0.39, 0.29) is 0 Å². The van der Waals surface area contributed by atoms with Crippen LogP contribution in [0.2, 0.25) is 0 Å². The number of benzene rings is 2. The summed E-state index contributed by atoms with van der Waals surface area (Å²) in [4.78, 5) is 10.9. The van der Waals surface area contributed by atoms with E-state index in [9.17, 15) is 4.79 Å². The third-order valence-electron chi connectivity index (χ3n) is 3.15. The van der Waals surface area contributed by atoms with Gasteiger partial charge in [-0.15, -0.1) is 0 Å². The van der Waals surface area contributed by atoms with Crippen molar-refractivity contribution in [3.05, 3.63) is 46.5 Å². The summed E-state index contributed by atoms with van der Waals surface area (Å²) in [6, 6.07) is 8.23. The summed E-state index contributed by atoms with van der Waals surface area (Å²) in [5.41, 5.74) is 4.31. The molecule has 0 radical (unpaired) electrons. The average Bonchev–Trinajstić information content (AvgIpc) is 2.24. The summed E-state index contributed by atoms with van der Waals surface area (Å²) < 4.78 is 0. The van der Waals surface area contributed by atoms with Crippen molar-refractivity contribution in [3.63, 3.8) is 0 Å². The molecule has 0 saturated heterocycles.